The van der Waals surface area contributed by atoms with E-state index >= 15 is 0 Å². The zero-order valence-corrected chi connectivity index (χ0v) is 18.6. The van der Waals surface area contributed by atoms with E-state index in [1.54, 1.807) is 41.8 Å². The van der Waals surface area contributed by atoms with Crippen LogP contribution >= 0.6 is 11.3 Å². The normalized spacial score (nSPS) is 20.3. The summed E-state index contributed by atoms with van der Waals surface area (Å²) in [7, 11) is -3.58. The van der Waals surface area contributed by atoms with Gasteiger partial charge in [0, 0.05) is 30.9 Å². The average Bonchev–Trinajstić information content (AvgIpc) is 3.20. The number of nitrogens with one attached hydrogen (secondary N) is 2. The van der Waals surface area contributed by atoms with Gasteiger partial charge in [-0.2, -0.15) is 0 Å². The van der Waals surface area contributed by atoms with Crippen LogP contribution in [-0.4, -0.2) is 45.4 Å². The molecule has 0 spiro atoms. The van der Waals surface area contributed by atoms with E-state index in [9.17, 15) is 13.2 Å². The van der Waals surface area contributed by atoms with Crippen molar-refractivity contribution in [2.24, 2.45) is 11.8 Å². The van der Waals surface area contributed by atoms with E-state index in [2.05, 4.69) is 28.8 Å². The number of anilines is 1. The van der Waals surface area contributed by atoms with Crippen molar-refractivity contribution in [1.29, 1.82) is 0 Å². The number of sulfonamides is 1. The van der Waals surface area contributed by atoms with Gasteiger partial charge in [-0.15, -0.1) is 11.3 Å². The standard InChI is InChI=1S/C21H29N3O3S2/c1-16-13-17(2)15-24(14-16)11-4-10-22-21(25)18-6-8-19(9-7-18)23-29(26,27)20-5-3-12-28-20/h3,5-9,12,16-17,23H,4,10-11,13-15H2,1-2H3,(H,22,25)/t16-,17-/m0/s1. The first-order valence-electron chi connectivity index (χ1n) is 10.0. The largest absolute Gasteiger partial charge is 0.352 e. The molecule has 0 saturated carbocycles. The summed E-state index contributed by atoms with van der Waals surface area (Å²) in [5, 5.41) is 4.67. The molecule has 1 aromatic heterocycles. The van der Waals surface area contributed by atoms with E-state index < -0.39 is 10.0 Å². The number of piperidine rings is 1. The van der Waals surface area contributed by atoms with Crippen LogP contribution < -0.4 is 10.0 Å². The minimum Gasteiger partial charge on any atom is -0.352 e. The molecule has 2 N–H and O–H groups in total. The molecule has 158 valence electrons. The van der Waals surface area contributed by atoms with E-state index in [0.29, 0.717) is 17.8 Å². The molecule has 8 heteroatoms. The molecular formula is C21H29N3O3S2. The third-order valence-electron chi connectivity index (χ3n) is 5.04. The van der Waals surface area contributed by atoms with Crippen LogP contribution in [0.4, 0.5) is 5.69 Å². The maximum Gasteiger partial charge on any atom is 0.271 e. The molecule has 1 aliphatic rings. The van der Waals surface area contributed by atoms with E-state index in [1.165, 1.54) is 6.42 Å². The van der Waals surface area contributed by atoms with Crippen molar-refractivity contribution in [1.82, 2.24) is 10.2 Å². The molecule has 1 fully saturated rings. The van der Waals surface area contributed by atoms with Gasteiger partial charge in [0.2, 0.25) is 0 Å². The van der Waals surface area contributed by atoms with Crippen molar-refractivity contribution in [3.05, 3.63) is 47.3 Å². The van der Waals surface area contributed by atoms with E-state index in [1.807, 2.05) is 0 Å². The van der Waals surface area contributed by atoms with Crippen LogP contribution in [0, 0.1) is 11.8 Å². The highest BCUT2D eigenvalue weighted by Crippen LogP contribution is 2.21. The molecule has 29 heavy (non-hydrogen) atoms. The zero-order valence-electron chi connectivity index (χ0n) is 16.9. The third kappa shape index (κ3) is 6.29. The second-order valence-electron chi connectivity index (χ2n) is 7.93. The van der Waals surface area contributed by atoms with E-state index in [4.69, 9.17) is 0 Å². The highest BCUT2D eigenvalue weighted by atomic mass is 32.2. The van der Waals surface area contributed by atoms with E-state index in [0.717, 1.165) is 49.2 Å². The highest BCUT2D eigenvalue weighted by Gasteiger charge is 2.21. The maximum absolute atomic E-state index is 12.3. The number of benzene rings is 1. The van der Waals surface area contributed by atoms with Crippen LogP contribution in [0.5, 0.6) is 0 Å². The fraction of sp³-hybridized carbons (Fsp3) is 0.476. The SMILES string of the molecule is C[C@H]1C[C@H](C)CN(CCCNC(=O)c2ccc(NS(=O)(=O)c3cccs3)cc2)C1. The van der Waals surface area contributed by atoms with Gasteiger partial charge in [-0.25, -0.2) is 8.42 Å². The summed E-state index contributed by atoms with van der Waals surface area (Å²) in [5.41, 5.74) is 0.951. The molecular weight excluding hydrogens is 406 g/mol. The quantitative estimate of drug-likeness (QED) is 0.621. The minimum absolute atomic E-state index is 0.141. The number of nitrogens with zero attached hydrogens (tertiary/aromatic N) is 1. The lowest BCUT2D eigenvalue weighted by atomic mass is 9.92. The highest BCUT2D eigenvalue weighted by molar-refractivity contribution is 7.94. The van der Waals surface area contributed by atoms with Crippen LogP contribution in [0.25, 0.3) is 0 Å². The summed E-state index contributed by atoms with van der Waals surface area (Å²) in [6.07, 6.45) is 2.22. The summed E-state index contributed by atoms with van der Waals surface area (Å²) in [6, 6.07) is 9.73. The Kier molecular flexibility index (Phi) is 7.32. The van der Waals surface area contributed by atoms with E-state index in [-0.39, 0.29) is 10.1 Å². The monoisotopic (exact) mass is 435 g/mol. The molecule has 2 aromatic rings. The number of hydrogen-bond donors (Lipinski definition) is 2. The van der Waals surface area contributed by atoms with Gasteiger partial charge in [0.15, 0.2) is 0 Å². The second kappa shape index (κ2) is 9.73. The third-order valence-corrected chi connectivity index (χ3v) is 7.82. The summed E-state index contributed by atoms with van der Waals surface area (Å²) < 4.78 is 27.3. The summed E-state index contributed by atoms with van der Waals surface area (Å²) >= 11 is 1.16. The summed E-state index contributed by atoms with van der Waals surface area (Å²) in [4.78, 5) is 14.8. The van der Waals surface area contributed by atoms with Gasteiger partial charge in [0.05, 0.1) is 0 Å². The predicted molar refractivity (Wildman–Crippen MR) is 118 cm³/mol. The Hall–Kier alpha value is -1.90. The smallest absolute Gasteiger partial charge is 0.271 e. The molecule has 0 aliphatic carbocycles. The molecule has 1 amide bonds. The molecule has 1 aliphatic heterocycles. The molecule has 1 saturated heterocycles. The molecule has 0 bridgehead atoms. The molecule has 2 heterocycles. The van der Waals surface area contributed by atoms with Crippen molar-refractivity contribution in [3.8, 4) is 0 Å². The van der Waals surface area contributed by atoms with Crippen molar-refractivity contribution in [3.63, 3.8) is 0 Å². The van der Waals surface area contributed by atoms with Crippen molar-refractivity contribution in [2.45, 2.75) is 30.9 Å². The lowest BCUT2D eigenvalue weighted by Gasteiger charge is -2.34. The zero-order chi connectivity index (χ0) is 20.9. The lowest BCUT2D eigenvalue weighted by Crippen LogP contribution is -2.40. The number of amides is 1. The number of rotatable bonds is 8. The fourth-order valence-electron chi connectivity index (χ4n) is 3.89. The Labute approximate surface area is 177 Å². The number of carbonyl (C=O) groups excluding carboxylic acids is 1. The minimum atomic E-state index is -3.58. The molecule has 2 atom stereocenters. The summed E-state index contributed by atoms with van der Waals surface area (Å²) in [5.74, 6) is 1.34. The lowest BCUT2D eigenvalue weighted by molar-refractivity contribution is 0.0947. The van der Waals surface area contributed by atoms with Crippen LogP contribution in [0.3, 0.4) is 0 Å². The van der Waals surface area contributed by atoms with Crippen LogP contribution in [-0.2, 0) is 10.0 Å². The average molecular weight is 436 g/mol. The number of carbonyl (C=O) groups is 1. The van der Waals surface area contributed by atoms with Crippen LogP contribution in [0.15, 0.2) is 46.0 Å². The second-order valence-corrected chi connectivity index (χ2v) is 10.8. The van der Waals surface area contributed by atoms with Gasteiger partial charge < -0.3 is 10.2 Å². The Morgan fingerprint density at radius 3 is 2.45 bits per heavy atom. The molecule has 3 rings (SSSR count). The molecule has 0 radical (unpaired) electrons. The molecule has 0 unspecified atom stereocenters. The first-order chi connectivity index (χ1) is 13.8. The molecule has 1 aromatic carbocycles. The van der Waals surface area contributed by atoms with Crippen LogP contribution in [0.2, 0.25) is 0 Å². The summed E-state index contributed by atoms with van der Waals surface area (Å²) in [6.45, 7) is 8.51. The number of likely N-dealkylation sites (tertiary alicyclic amines) is 1. The fourth-order valence-corrected chi connectivity index (χ4v) is 5.94. The number of hydrogen-bond acceptors (Lipinski definition) is 5. The first kappa shape index (κ1) is 21.8. The van der Waals surface area contributed by atoms with Crippen molar-refractivity contribution < 1.29 is 13.2 Å². The predicted octanol–water partition coefficient (Wildman–Crippen LogP) is 3.65. The van der Waals surface area contributed by atoms with Crippen molar-refractivity contribution >= 4 is 33.0 Å². The topological polar surface area (TPSA) is 78.5 Å². The first-order valence-corrected chi connectivity index (χ1v) is 12.4. The van der Waals surface area contributed by atoms with Gasteiger partial charge in [-0.3, -0.25) is 9.52 Å². The number of thiophene rings is 1. The van der Waals surface area contributed by atoms with Gasteiger partial charge >= 0.3 is 0 Å². The Morgan fingerprint density at radius 1 is 1.14 bits per heavy atom. The Morgan fingerprint density at radius 2 is 1.83 bits per heavy atom. The molecule has 6 nitrogen and oxygen atoms in total. The maximum atomic E-state index is 12.3. The van der Waals surface area contributed by atoms with Gasteiger partial charge in [0.1, 0.15) is 4.21 Å². The van der Waals surface area contributed by atoms with Gasteiger partial charge in [-0.05, 0) is 66.9 Å². The van der Waals surface area contributed by atoms with Crippen molar-refractivity contribution in [2.75, 3.05) is 30.9 Å². The van der Waals surface area contributed by atoms with Crippen LogP contribution in [0.1, 0.15) is 37.0 Å². The Balaban J connectivity index is 1.44. The van der Waals surface area contributed by atoms with Gasteiger partial charge in [-0.1, -0.05) is 19.9 Å². The van der Waals surface area contributed by atoms with Gasteiger partial charge in [0.25, 0.3) is 15.9 Å². The Bertz CT molecular complexity index is 886.